The summed E-state index contributed by atoms with van der Waals surface area (Å²) in [4.78, 5) is 51.9. The van der Waals surface area contributed by atoms with Gasteiger partial charge < -0.3 is 49.3 Å². The van der Waals surface area contributed by atoms with Gasteiger partial charge in [0.1, 0.15) is 41.7 Å². The lowest BCUT2D eigenvalue weighted by atomic mass is 9.43. The van der Waals surface area contributed by atoms with E-state index in [2.05, 4.69) is 26.0 Å². The quantitative estimate of drug-likeness (QED) is 0.133. The standard InChI is InChI=1S/C27H40O8.C20H28O4/c1-13(2)19-8-16-9-25(11-28)18-7-6-14(3)17(18)10-26(16,27(19,25)24(31)32)12-34-23-21(30)20(29)22(33-5)15(4)35-23;1-11(2)16-6-13-7-19(10-22)15-5-4-12(3)14(15)8-18(13,9-21)20(16,19)17(23)24/h8,11,13-18,20-23,29-30H,6-7,9-10,12H2,1-5H3,(H,31,32);6,10-15,21H,4-5,7-9H2,1-3H3,(H,23,24)/t14-,15-,16?,17-,18-,20+,21+,22-,23-,25?,26?,27+;12-,13?,14-,15-,18?,19?,20-/m11/s1. The van der Waals surface area contributed by atoms with E-state index in [0.29, 0.717) is 37.0 Å². The second-order valence-electron chi connectivity index (χ2n) is 21.3. The van der Waals surface area contributed by atoms with Gasteiger partial charge in [-0.1, -0.05) is 77.7 Å². The average molecular weight is 825 g/mol. The number of fused-ring (bicyclic) bond motifs is 4. The molecule has 0 spiro atoms. The molecule has 7 fully saturated rings. The highest BCUT2D eigenvalue weighted by atomic mass is 16.7. The zero-order chi connectivity index (χ0) is 43.0. The zero-order valence-electron chi connectivity index (χ0n) is 36.1. The number of aliphatic hydroxyl groups excluding tert-OH is 3. The Morgan fingerprint density at radius 1 is 0.763 bits per heavy atom. The maximum Gasteiger partial charge on any atom is 0.315 e. The van der Waals surface area contributed by atoms with Gasteiger partial charge in [0.2, 0.25) is 0 Å². The number of allylic oxidation sites excluding steroid dienone is 2. The van der Waals surface area contributed by atoms with Crippen LogP contribution in [0.4, 0.5) is 0 Å². The zero-order valence-corrected chi connectivity index (χ0v) is 36.1. The number of ether oxygens (including phenoxy) is 3. The molecule has 12 heteroatoms. The average Bonchev–Trinajstić information content (AvgIpc) is 3.98. The van der Waals surface area contributed by atoms with Crippen LogP contribution >= 0.6 is 0 Å². The van der Waals surface area contributed by atoms with Crippen LogP contribution in [0.15, 0.2) is 23.3 Å². The van der Waals surface area contributed by atoms with Crippen molar-refractivity contribution in [2.45, 2.75) is 131 Å². The van der Waals surface area contributed by atoms with E-state index in [0.717, 1.165) is 55.8 Å². The van der Waals surface area contributed by atoms with Gasteiger partial charge in [-0.15, -0.1) is 0 Å². The van der Waals surface area contributed by atoms with Crippen LogP contribution in [0.1, 0.15) is 99.8 Å². The second kappa shape index (κ2) is 14.3. The first-order valence-corrected chi connectivity index (χ1v) is 22.4. The first-order valence-electron chi connectivity index (χ1n) is 22.4. The molecule has 0 aromatic rings. The van der Waals surface area contributed by atoms with E-state index in [1.807, 2.05) is 27.7 Å². The lowest BCUT2D eigenvalue weighted by Gasteiger charge is -2.58. The molecule has 12 nitrogen and oxygen atoms in total. The van der Waals surface area contributed by atoms with Crippen LogP contribution in [0.2, 0.25) is 0 Å². The molecule has 8 aliphatic carbocycles. The predicted molar refractivity (Wildman–Crippen MR) is 214 cm³/mol. The van der Waals surface area contributed by atoms with E-state index in [1.54, 1.807) is 6.92 Å². The molecule has 1 saturated heterocycles. The molecule has 6 unspecified atom stereocenters. The maximum absolute atomic E-state index is 13.5. The smallest absolute Gasteiger partial charge is 0.315 e. The van der Waals surface area contributed by atoms with Crippen molar-refractivity contribution in [3.8, 4) is 0 Å². The monoisotopic (exact) mass is 824 g/mol. The van der Waals surface area contributed by atoms with Crippen molar-refractivity contribution >= 4 is 24.5 Å². The van der Waals surface area contributed by atoms with Gasteiger partial charge in [-0.3, -0.25) is 9.59 Å². The summed E-state index contributed by atoms with van der Waals surface area (Å²) in [5.41, 5.74) is -4.12. The van der Waals surface area contributed by atoms with Gasteiger partial charge >= 0.3 is 11.9 Å². The van der Waals surface area contributed by atoms with Gasteiger partial charge in [0.25, 0.3) is 0 Å². The minimum Gasteiger partial charge on any atom is -0.481 e. The van der Waals surface area contributed by atoms with E-state index >= 15 is 0 Å². The molecule has 9 aliphatic rings. The molecule has 1 heterocycles. The number of aliphatic hydroxyl groups is 3. The van der Waals surface area contributed by atoms with Crippen LogP contribution < -0.4 is 0 Å². The largest absolute Gasteiger partial charge is 0.481 e. The van der Waals surface area contributed by atoms with Crippen molar-refractivity contribution in [2.75, 3.05) is 20.3 Å². The van der Waals surface area contributed by atoms with Crippen LogP contribution in [0.3, 0.4) is 0 Å². The summed E-state index contributed by atoms with van der Waals surface area (Å²) in [5, 5.41) is 53.3. The first-order chi connectivity index (χ1) is 27.8. The van der Waals surface area contributed by atoms with Gasteiger partial charge in [-0.05, 0) is 105 Å². The number of rotatable bonds is 11. The van der Waals surface area contributed by atoms with E-state index < -0.39 is 75.1 Å². The number of hydrogen-bond donors (Lipinski definition) is 5. The summed E-state index contributed by atoms with van der Waals surface area (Å²) >= 11 is 0. The van der Waals surface area contributed by atoms with E-state index in [1.165, 1.54) is 7.11 Å². The molecular formula is C47H68O12. The molecule has 59 heavy (non-hydrogen) atoms. The van der Waals surface area contributed by atoms with E-state index in [4.69, 9.17) is 14.2 Å². The third-order valence-electron chi connectivity index (χ3n) is 19.1. The molecule has 328 valence electrons. The Morgan fingerprint density at radius 2 is 1.22 bits per heavy atom. The summed E-state index contributed by atoms with van der Waals surface area (Å²) in [7, 11) is 1.45. The van der Waals surface area contributed by atoms with Gasteiger partial charge in [-0.25, -0.2) is 0 Å². The van der Waals surface area contributed by atoms with Crippen LogP contribution in [-0.4, -0.2) is 101 Å². The number of carbonyl (C=O) groups excluding carboxylic acids is 2. The summed E-state index contributed by atoms with van der Waals surface area (Å²) in [6.45, 7) is 14.1. The van der Waals surface area contributed by atoms with Gasteiger partial charge in [-0.2, -0.15) is 0 Å². The molecule has 1 aliphatic heterocycles. The van der Waals surface area contributed by atoms with Gasteiger partial charge in [0.05, 0.1) is 30.1 Å². The van der Waals surface area contributed by atoms with Crippen LogP contribution in [0, 0.1) is 91.7 Å². The van der Waals surface area contributed by atoms with Crippen molar-refractivity contribution in [3.63, 3.8) is 0 Å². The lowest BCUT2D eigenvalue weighted by Crippen LogP contribution is -2.64. The normalized spacial score (nSPS) is 52.1. The summed E-state index contributed by atoms with van der Waals surface area (Å²) in [5.74, 6) is -0.143. The number of methoxy groups -OCH3 is 1. The van der Waals surface area contributed by atoms with Crippen LogP contribution in [-0.2, 0) is 33.4 Å². The van der Waals surface area contributed by atoms with Crippen LogP contribution in [0.25, 0.3) is 0 Å². The Balaban J connectivity index is 0.000000176. The van der Waals surface area contributed by atoms with Crippen molar-refractivity contribution in [3.05, 3.63) is 23.3 Å². The number of carbonyl (C=O) groups is 4. The van der Waals surface area contributed by atoms with E-state index in [9.17, 15) is 44.7 Å². The highest BCUT2D eigenvalue weighted by Gasteiger charge is 2.86. The van der Waals surface area contributed by atoms with E-state index in [-0.39, 0.29) is 54.6 Å². The highest BCUT2D eigenvalue weighted by molar-refractivity contribution is 5.91. The Bertz CT molecular complexity index is 1810. The van der Waals surface area contributed by atoms with Crippen molar-refractivity contribution in [1.29, 1.82) is 0 Å². The summed E-state index contributed by atoms with van der Waals surface area (Å²) in [6.07, 6.45) is 7.79. The number of aldehydes is 2. The predicted octanol–water partition coefficient (Wildman–Crippen LogP) is 5.31. The molecule has 9 rings (SSSR count). The molecular weight excluding hydrogens is 757 g/mol. The van der Waals surface area contributed by atoms with Crippen molar-refractivity contribution in [1.82, 2.24) is 0 Å². The number of hydrogen-bond acceptors (Lipinski definition) is 10. The SMILES string of the molecule is CC(C)C1=CC2CC3(C=O)[C@@H]4CC[C@@H](C)[C@H]4CC2(CO)[C@]13C(=O)O.CO[C@H]1[C@@H](O)[C@H](O)[C@H](OCC23C[C@@H]4[C@H](C)CC[C@H]4C4(C=O)CC2C=C(C(C)C)[C@@]34C(=O)O)O[C@@H]1C. The number of carboxylic acid groups (broad SMARTS) is 2. The van der Waals surface area contributed by atoms with Gasteiger partial charge in [0.15, 0.2) is 6.29 Å². The fourth-order valence-corrected chi connectivity index (χ4v) is 17.0. The Labute approximate surface area is 348 Å². The molecule has 0 amide bonds. The minimum atomic E-state index is -1.34. The van der Waals surface area contributed by atoms with Crippen molar-refractivity contribution < 1.29 is 58.9 Å². The Kier molecular flexibility index (Phi) is 10.4. The molecule has 6 saturated carbocycles. The third-order valence-corrected chi connectivity index (χ3v) is 19.1. The molecule has 0 aromatic heterocycles. The Morgan fingerprint density at radius 3 is 1.64 bits per heavy atom. The highest BCUT2D eigenvalue weighted by Crippen LogP contribution is 2.84. The number of aliphatic carboxylic acids is 2. The number of carboxylic acids is 2. The second-order valence-corrected chi connectivity index (χ2v) is 21.3. The van der Waals surface area contributed by atoms with Crippen LogP contribution in [0.5, 0.6) is 0 Å². The minimum absolute atomic E-state index is 0.0130. The Hall–Kier alpha value is -2.48. The lowest BCUT2D eigenvalue weighted by molar-refractivity contribution is -0.306. The fourth-order valence-electron chi connectivity index (χ4n) is 17.0. The van der Waals surface area contributed by atoms with Gasteiger partial charge in [0, 0.05) is 17.9 Å². The topological polar surface area (TPSA) is 197 Å². The molecule has 19 atom stereocenters. The third kappa shape index (κ3) is 4.88. The summed E-state index contributed by atoms with van der Waals surface area (Å²) in [6, 6.07) is 0. The van der Waals surface area contributed by atoms with Crippen molar-refractivity contribution in [2.24, 2.45) is 91.7 Å². The molecule has 0 aromatic carbocycles. The fraction of sp³-hybridized carbons (Fsp3) is 0.830. The summed E-state index contributed by atoms with van der Waals surface area (Å²) < 4.78 is 17.4. The molecule has 8 bridgehead atoms. The molecule has 0 radical (unpaired) electrons. The maximum atomic E-state index is 13.5. The molecule has 5 N–H and O–H groups in total. The first kappa shape index (κ1) is 43.2.